The van der Waals surface area contributed by atoms with Crippen molar-refractivity contribution in [2.45, 2.75) is 12.5 Å². The Morgan fingerprint density at radius 1 is 1.25 bits per heavy atom. The first-order valence-electron chi connectivity index (χ1n) is 6.11. The van der Waals surface area contributed by atoms with Gasteiger partial charge in [0.1, 0.15) is 5.82 Å². The van der Waals surface area contributed by atoms with E-state index in [1.54, 1.807) is 0 Å². The van der Waals surface area contributed by atoms with Crippen LogP contribution in [0.5, 0.6) is 0 Å². The second-order valence-electron chi connectivity index (χ2n) is 4.43. The van der Waals surface area contributed by atoms with Crippen LogP contribution in [0.25, 0.3) is 0 Å². The molecule has 2 aromatic rings. The summed E-state index contributed by atoms with van der Waals surface area (Å²) >= 11 is 5.72. The number of nitrogens with two attached hydrogens (primary N) is 1. The standard InChI is InChI=1S/C15H14ClFN2O/c16-11-6-12(17)8-13(7-11)19-15(20)9-14(18)10-4-2-1-3-5-10/h1-8,14H,9,18H2,(H,19,20). The zero-order valence-corrected chi connectivity index (χ0v) is 11.4. The lowest BCUT2D eigenvalue weighted by molar-refractivity contribution is -0.116. The lowest BCUT2D eigenvalue weighted by Gasteiger charge is -2.12. The van der Waals surface area contributed by atoms with Crippen LogP contribution in [-0.2, 0) is 4.79 Å². The largest absolute Gasteiger partial charge is 0.326 e. The van der Waals surface area contributed by atoms with Crippen molar-refractivity contribution in [1.29, 1.82) is 0 Å². The fourth-order valence-corrected chi connectivity index (χ4v) is 2.08. The van der Waals surface area contributed by atoms with Crippen molar-refractivity contribution in [3.63, 3.8) is 0 Å². The van der Waals surface area contributed by atoms with Gasteiger partial charge in [0.2, 0.25) is 5.91 Å². The summed E-state index contributed by atoms with van der Waals surface area (Å²) in [6, 6.07) is 12.8. The van der Waals surface area contributed by atoms with E-state index in [4.69, 9.17) is 17.3 Å². The van der Waals surface area contributed by atoms with Gasteiger partial charge in [-0.1, -0.05) is 41.9 Å². The lowest BCUT2D eigenvalue weighted by atomic mass is 10.0. The number of rotatable bonds is 4. The van der Waals surface area contributed by atoms with Gasteiger partial charge in [0.05, 0.1) is 0 Å². The van der Waals surface area contributed by atoms with Crippen molar-refractivity contribution < 1.29 is 9.18 Å². The molecule has 104 valence electrons. The molecule has 5 heteroatoms. The van der Waals surface area contributed by atoms with Gasteiger partial charge in [-0.15, -0.1) is 0 Å². The number of amides is 1. The number of benzene rings is 2. The average Bonchev–Trinajstić information content (AvgIpc) is 2.38. The topological polar surface area (TPSA) is 55.1 Å². The first kappa shape index (κ1) is 14.5. The zero-order valence-electron chi connectivity index (χ0n) is 10.6. The zero-order chi connectivity index (χ0) is 14.5. The number of nitrogens with one attached hydrogen (secondary N) is 1. The van der Waals surface area contributed by atoms with Gasteiger partial charge in [-0.25, -0.2) is 4.39 Å². The highest BCUT2D eigenvalue weighted by molar-refractivity contribution is 6.30. The number of carbonyl (C=O) groups excluding carboxylic acids is 1. The Morgan fingerprint density at radius 3 is 2.60 bits per heavy atom. The van der Waals surface area contributed by atoms with Gasteiger partial charge in [0.25, 0.3) is 0 Å². The van der Waals surface area contributed by atoms with E-state index < -0.39 is 11.9 Å². The number of hydrogen-bond acceptors (Lipinski definition) is 2. The Balaban J connectivity index is 1.99. The highest BCUT2D eigenvalue weighted by Crippen LogP contribution is 2.19. The normalized spacial score (nSPS) is 11.9. The predicted octanol–water partition coefficient (Wildman–Crippen LogP) is 3.51. The summed E-state index contributed by atoms with van der Waals surface area (Å²) < 4.78 is 13.1. The average molecular weight is 293 g/mol. The van der Waals surface area contributed by atoms with E-state index >= 15 is 0 Å². The van der Waals surface area contributed by atoms with E-state index in [1.807, 2.05) is 30.3 Å². The van der Waals surface area contributed by atoms with E-state index in [1.165, 1.54) is 18.2 Å². The third-order valence-corrected chi connectivity index (χ3v) is 3.00. The molecule has 0 spiro atoms. The van der Waals surface area contributed by atoms with Crippen LogP contribution in [-0.4, -0.2) is 5.91 Å². The Morgan fingerprint density at radius 2 is 1.95 bits per heavy atom. The number of carbonyl (C=O) groups is 1. The van der Waals surface area contributed by atoms with Crippen molar-refractivity contribution >= 4 is 23.2 Å². The molecule has 0 aliphatic heterocycles. The molecule has 3 nitrogen and oxygen atoms in total. The second-order valence-corrected chi connectivity index (χ2v) is 4.86. The Labute approximate surface area is 121 Å². The minimum Gasteiger partial charge on any atom is -0.326 e. The first-order valence-corrected chi connectivity index (χ1v) is 6.49. The molecular weight excluding hydrogens is 279 g/mol. The van der Waals surface area contributed by atoms with Gasteiger partial charge in [0, 0.05) is 23.2 Å². The third kappa shape index (κ3) is 4.05. The molecule has 0 saturated carbocycles. The molecular formula is C15H14ClFN2O. The smallest absolute Gasteiger partial charge is 0.226 e. The minimum atomic E-state index is -0.500. The van der Waals surface area contributed by atoms with Gasteiger partial charge < -0.3 is 11.1 Å². The van der Waals surface area contributed by atoms with E-state index in [0.717, 1.165) is 5.56 Å². The molecule has 0 aromatic heterocycles. The van der Waals surface area contributed by atoms with Crippen molar-refractivity contribution in [1.82, 2.24) is 0 Å². The summed E-state index contributed by atoms with van der Waals surface area (Å²) in [4.78, 5) is 11.9. The van der Waals surface area contributed by atoms with Crippen LogP contribution in [0.3, 0.4) is 0 Å². The summed E-state index contributed by atoms with van der Waals surface area (Å²) in [5.74, 6) is -0.789. The summed E-state index contributed by atoms with van der Waals surface area (Å²) in [7, 11) is 0. The van der Waals surface area contributed by atoms with Gasteiger partial charge in [-0.2, -0.15) is 0 Å². The fraction of sp³-hybridized carbons (Fsp3) is 0.133. The van der Waals surface area contributed by atoms with Crippen LogP contribution in [0, 0.1) is 5.82 Å². The summed E-state index contributed by atoms with van der Waals surface area (Å²) in [6.07, 6.45) is 0.109. The molecule has 2 rings (SSSR count). The molecule has 0 heterocycles. The van der Waals surface area contributed by atoms with E-state index in [9.17, 15) is 9.18 Å². The van der Waals surface area contributed by atoms with Crippen LogP contribution >= 0.6 is 11.6 Å². The van der Waals surface area contributed by atoms with Crippen LogP contribution in [0.4, 0.5) is 10.1 Å². The van der Waals surface area contributed by atoms with Crippen molar-refractivity contribution in [2.75, 3.05) is 5.32 Å². The second kappa shape index (κ2) is 6.50. The van der Waals surface area contributed by atoms with Crippen molar-refractivity contribution in [3.05, 3.63) is 64.9 Å². The van der Waals surface area contributed by atoms with Crippen LogP contribution in [0.1, 0.15) is 18.0 Å². The molecule has 0 radical (unpaired) electrons. The highest BCUT2D eigenvalue weighted by atomic mass is 35.5. The fourth-order valence-electron chi connectivity index (χ4n) is 1.86. The lowest BCUT2D eigenvalue weighted by Crippen LogP contribution is -2.20. The summed E-state index contributed by atoms with van der Waals surface area (Å²) in [6.45, 7) is 0. The monoisotopic (exact) mass is 292 g/mol. The maximum absolute atomic E-state index is 13.1. The maximum atomic E-state index is 13.1. The predicted molar refractivity (Wildman–Crippen MR) is 78.0 cm³/mol. The third-order valence-electron chi connectivity index (χ3n) is 2.78. The van der Waals surface area contributed by atoms with Crippen molar-refractivity contribution in [3.8, 4) is 0 Å². The molecule has 0 fully saturated rings. The minimum absolute atomic E-state index is 0.109. The molecule has 0 aliphatic carbocycles. The van der Waals surface area contributed by atoms with Gasteiger partial charge >= 0.3 is 0 Å². The molecule has 0 bridgehead atoms. The Kier molecular flexibility index (Phi) is 4.71. The molecule has 0 aliphatic rings. The number of anilines is 1. The van der Waals surface area contributed by atoms with Crippen LogP contribution < -0.4 is 11.1 Å². The van der Waals surface area contributed by atoms with E-state index in [2.05, 4.69) is 5.32 Å². The van der Waals surface area contributed by atoms with Gasteiger partial charge in [0.15, 0.2) is 0 Å². The SMILES string of the molecule is NC(CC(=O)Nc1cc(F)cc(Cl)c1)c1ccccc1. The molecule has 1 atom stereocenters. The summed E-state index contributed by atoms with van der Waals surface area (Å²) in [5, 5.41) is 2.81. The quantitative estimate of drug-likeness (QED) is 0.906. The van der Waals surface area contributed by atoms with Gasteiger partial charge in [-0.3, -0.25) is 4.79 Å². The van der Waals surface area contributed by atoms with Crippen LogP contribution in [0.15, 0.2) is 48.5 Å². The van der Waals surface area contributed by atoms with Crippen molar-refractivity contribution in [2.24, 2.45) is 5.73 Å². The summed E-state index contributed by atoms with van der Waals surface area (Å²) in [5.41, 5.74) is 7.14. The molecule has 1 unspecified atom stereocenters. The van der Waals surface area contributed by atoms with Gasteiger partial charge in [-0.05, 0) is 23.8 Å². The van der Waals surface area contributed by atoms with Crippen LogP contribution in [0.2, 0.25) is 5.02 Å². The number of halogens is 2. The molecule has 3 N–H and O–H groups in total. The molecule has 20 heavy (non-hydrogen) atoms. The Bertz CT molecular complexity index is 584. The molecule has 2 aromatic carbocycles. The first-order chi connectivity index (χ1) is 9.54. The van der Waals surface area contributed by atoms with E-state index in [-0.39, 0.29) is 17.4 Å². The highest BCUT2D eigenvalue weighted by Gasteiger charge is 2.12. The number of hydrogen-bond donors (Lipinski definition) is 2. The molecule has 1 amide bonds. The molecule has 0 saturated heterocycles. The maximum Gasteiger partial charge on any atom is 0.226 e. The van der Waals surface area contributed by atoms with E-state index in [0.29, 0.717) is 5.69 Å². The Hall–Kier alpha value is -1.91.